The van der Waals surface area contributed by atoms with E-state index in [4.69, 9.17) is 0 Å². The van der Waals surface area contributed by atoms with E-state index in [1.807, 2.05) is 43.3 Å². The van der Waals surface area contributed by atoms with Crippen LogP contribution in [0.1, 0.15) is 21.5 Å². The molecule has 2 N–H and O–H groups in total. The van der Waals surface area contributed by atoms with E-state index in [0.29, 0.717) is 0 Å². The lowest BCUT2D eigenvalue weighted by Crippen LogP contribution is -2.43. The number of aryl methyl sites for hydroxylation is 1. The summed E-state index contributed by atoms with van der Waals surface area (Å²) in [5.41, 5.74) is 4.31. The number of hydrogen-bond donors (Lipinski definition) is 2. The van der Waals surface area contributed by atoms with Gasteiger partial charge in [-0.15, -0.1) is 0 Å². The van der Waals surface area contributed by atoms with Gasteiger partial charge >= 0.3 is 0 Å². The first-order valence-corrected chi connectivity index (χ1v) is 6.92. The molecule has 102 valence electrons. The average molecular weight is 266 g/mol. The van der Waals surface area contributed by atoms with Gasteiger partial charge in [-0.05, 0) is 37.1 Å². The van der Waals surface area contributed by atoms with Gasteiger partial charge in [-0.3, -0.25) is 4.79 Å². The maximum Gasteiger partial charge on any atom is 0.251 e. The standard InChI is InChI=1S/C17H18N2O/c1-12-6-8-13(9-7-12)17(20)19-15-10-14-4-2-3-5-16(14)18-11-15/h2-9,15,18H,10-11H2,1H3,(H,19,20). The Bertz CT molecular complexity index is 619. The van der Waals surface area contributed by atoms with Crippen molar-refractivity contribution < 1.29 is 4.79 Å². The summed E-state index contributed by atoms with van der Waals surface area (Å²) in [6.07, 6.45) is 0.876. The summed E-state index contributed by atoms with van der Waals surface area (Å²) in [6.45, 7) is 2.79. The van der Waals surface area contributed by atoms with Crippen LogP contribution in [0.4, 0.5) is 5.69 Å². The van der Waals surface area contributed by atoms with E-state index in [0.717, 1.165) is 24.1 Å². The monoisotopic (exact) mass is 266 g/mol. The summed E-state index contributed by atoms with van der Waals surface area (Å²) in [4.78, 5) is 12.2. The summed E-state index contributed by atoms with van der Waals surface area (Å²) in [7, 11) is 0. The third kappa shape index (κ3) is 2.67. The third-order valence-corrected chi connectivity index (χ3v) is 3.67. The quantitative estimate of drug-likeness (QED) is 0.877. The average Bonchev–Trinajstić information content (AvgIpc) is 2.48. The summed E-state index contributed by atoms with van der Waals surface area (Å²) in [5, 5.41) is 6.46. The van der Waals surface area contributed by atoms with Crippen LogP contribution >= 0.6 is 0 Å². The van der Waals surface area contributed by atoms with Gasteiger partial charge in [0.05, 0.1) is 6.04 Å². The van der Waals surface area contributed by atoms with Crippen molar-refractivity contribution in [3.63, 3.8) is 0 Å². The minimum atomic E-state index is -0.00354. The van der Waals surface area contributed by atoms with Gasteiger partial charge in [0, 0.05) is 17.8 Å². The topological polar surface area (TPSA) is 41.1 Å². The molecule has 0 aromatic heterocycles. The molecule has 0 aliphatic carbocycles. The Morgan fingerprint density at radius 2 is 1.90 bits per heavy atom. The zero-order valence-electron chi connectivity index (χ0n) is 11.5. The Kier molecular flexibility index (Phi) is 3.42. The second kappa shape index (κ2) is 5.37. The van der Waals surface area contributed by atoms with Crippen molar-refractivity contribution in [1.29, 1.82) is 0 Å². The highest BCUT2D eigenvalue weighted by Gasteiger charge is 2.19. The van der Waals surface area contributed by atoms with Gasteiger partial charge in [0.1, 0.15) is 0 Å². The number of benzene rings is 2. The van der Waals surface area contributed by atoms with Crippen molar-refractivity contribution in [2.24, 2.45) is 0 Å². The number of amides is 1. The fraction of sp³-hybridized carbons (Fsp3) is 0.235. The van der Waals surface area contributed by atoms with Crippen molar-refractivity contribution in [2.75, 3.05) is 11.9 Å². The minimum absolute atomic E-state index is 0.00354. The molecule has 0 radical (unpaired) electrons. The van der Waals surface area contributed by atoms with Crippen molar-refractivity contribution in [2.45, 2.75) is 19.4 Å². The van der Waals surface area contributed by atoms with Crippen LogP contribution in [-0.4, -0.2) is 18.5 Å². The molecule has 1 aliphatic heterocycles. The SMILES string of the molecule is Cc1ccc(C(=O)NC2CNc3ccccc3C2)cc1. The lowest BCUT2D eigenvalue weighted by molar-refractivity contribution is 0.0938. The number of nitrogens with one attached hydrogen (secondary N) is 2. The molecule has 1 aliphatic rings. The number of hydrogen-bond acceptors (Lipinski definition) is 2. The van der Waals surface area contributed by atoms with Crippen molar-refractivity contribution in [3.8, 4) is 0 Å². The van der Waals surface area contributed by atoms with Crippen LogP contribution < -0.4 is 10.6 Å². The van der Waals surface area contributed by atoms with Gasteiger partial charge in [0.25, 0.3) is 5.91 Å². The van der Waals surface area contributed by atoms with Gasteiger partial charge in [0.2, 0.25) is 0 Å². The maximum atomic E-state index is 12.2. The molecule has 0 saturated carbocycles. The van der Waals surface area contributed by atoms with E-state index in [9.17, 15) is 4.79 Å². The van der Waals surface area contributed by atoms with E-state index < -0.39 is 0 Å². The zero-order chi connectivity index (χ0) is 13.9. The molecular formula is C17H18N2O. The summed E-state index contributed by atoms with van der Waals surface area (Å²) in [6, 6.07) is 16.0. The Balaban J connectivity index is 1.67. The Morgan fingerprint density at radius 1 is 1.15 bits per heavy atom. The van der Waals surface area contributed by atoms with Gasteiger partial charge in [-0.25, -0.2) is 0 Å². The number of carbonyl (C=O) groups is 1. The van der Waals surface area contributed by atoms with Crippen LogP contribution in [0.2, 0.25) is 0 Å². The summed E-state index contributed by atoms with van der Waals surface area (Å²) >= 11 is 0. The minimum Gasteiger partial charge on any atom is -0.383 e. The molecule has 1 amide bonds. The van der Waals surface area contributed by atoms with Crippen molar-refractivity contribution in [1.82, 2.24) is 5.32 Å². The van der Waals surface area contributed by atoms with E-state index >= 15 is 0 Å². The highest BCUT2D eigenvalue weighted by atomic mass is 16.1. The fourth-order valence-electron chi connectivity index (χ4n) is 2.52. The van der Waals surface area contributed by atoms with E-state index in [1.165, 1.54) is 11.3 Å². The van der Waals surface area contributed by atoms with Crippen molar-refractivity contribution in [3.05, 3.63) is 65.2 Å². The first kappa shape index (κ1) is 12.7. The van der Waals surface area contributed by atoms with Crippen LogP contribution in [-0.2, 0) is 6.42 Å². The second-order valence-corrected chi connectivity index (χ2v) is 5.28. The lowest BCUT2D eigenvalue weighted by Gasteiger charge is -2.26. The van der Waals surface area contributed by atoms with Crippen molar-refractivity contribution >= 4 is 11.6 Å². The van der Waals surface area contributed by atoms with Gasteiger partial charge in [-0.1, -0.05) is 35.9 Å². The maximum absolute atomic E-state index is 12.2. The van der Waals surface area contributed by atoms with E-state index in [1.54, 1.807) is 0 Å². The molecule has 1 unspecified atom stereocenters. The Hall–Kier alpha value is -2.29. The highest BCUT2D eigenvalue weighted by molar-refractivity contribution is 5.94. The van der Waals surface area contributed by atoms with Crippen LogP contribution in [0.5, 0.6) is 0 Å². The fourth-order valence-corrected chi connectivity index (χ4v) is 2.52. The molecule has 0 spiro atoms. The second-order valence-electron chi connectivity index (χ2n) is 5.28. The van der Waals surface area contributed by atoms with Crippen LogP contribution in [0.15, 0.2) is 48.5 Å². The van der Waals surface area contributed by atoms with Gasteiger partial charge in [-0.2, -0.15) is 0 Å². The molecule has 0 bridgehead atoms. The first-order chi connectivity index (χ1) is 9.72. The van der Waals surface area contributed by atoms with E-state index in [-0.39, 0.29) is 11.9 Å². The number of rotatable bonds is 2. The predicted molar refractivity (Wildman–Crippen MR) is 81.1 cm³/mol. The number of carbonyl (C=O) groups excluding carboxylic acids is 1. The third-order valence-electron chi connectivity index (χ3n) is 3.67. The first-order valence-electron chi connectivity index (χ1n) is 6.92. The summed E-state index contributed by atoms with van der Waals surface area (Å²) < 4.78 is 0. The molecule has 0 saturated heterocycles. The smallest absolute Gasteiger partial charge is 0.251 e. The molecule has 1 heterocycles. The molecular weight excluding hydrogens is 248 g/mol. The van der Waals surface area contributed by atoms with Crippen LogP contribution in [0.3, 0.4) is 0 Å². The molecule has 1 atom stereocenters. The molecule has 20 heavy (non-hydrogen) atoms. The molecule has 2 aromatic carbocycles. The molecule has 3 rings (SSSR count). The van der Waals surface area contributed by atoms with Gasteiger partial charge < -0.3 is 10.6 Å². The Morgan fingerprint density at radius 3 is 2.70 bits per heavy atom. The molecule has 3 heteroatoms. The van der Waals surface area contributed by atoms with Crippen LogP contribution in [0.25, 0.3) is 0 Å². The van der Waals surface area contributed by atoms with Crippen LogP contribution in [0, 0.1) is 6.92 Å². The Labute approximate surface area is 119 Å². The normalized spacial score (nSPS) is 16.9. The number of para-hydroxylation sites is 1. The van der Waals surface area contributed by atoms with E-state index in [2.05, 4.69) is 22.8 Å². The predicted octanol–water partition coefficient (Wildman–Crippen LogP) is 2.76. The highest BCUT2D eigenvalue weighted by Crippen LogP contribution is 2.21. The largest absolute Gasteiger partial charge is 0.383 e. The molecule has 0 fully saturated rings. The zero-order valence-corrected chi connectivity index (χ0v) is 11.5. The molecule has 3 nitrogen and oxygen atoms in total. The molecule has 2 aromatic rings. The number of anilines is 1. The number of fused-ring (bicyclic) bond motifs is 1. The lowest BCUT2D eigenvalue weighted by atomic mass is 9.99. The summed E-state index contributed by atoms with van der Waals surface area (Å²) in [5.74, 6) is -0.00354. The van der Waals surface area contributed by atoms with Gasteiger partial charge in [0.15, 0.2) is 0 Å².